The first-order chi connectivity index (χ1) is 12.4. The van der Waals surface area contributed by atoms with E-state index in [2.05, 4.69) is 33.4 Å². The molecule has 1 unspecified atom stereocenters. The number of nitriles is 1. The van der Waals surface area contributed by atoms with Gasteiger partial charge >= 0.3 is 0 Å². The zero-order valence-corrected chi connectivity index (χ0v) is 15.5. The number of benzene rings is 1. The second-order valence-corrected chi connectivity index (χ2v) is 7.67. The second-order valence-electron chi connectivity index (χ2n) is 7.67. The van der Waals surface area contributed by atoms with E-state index in [0.29, 0.717) is 24.5 Å². The summed E-state index contributed by atoms with van der Waals surface area (Å²) in [4.78, 5) is 8.58. The van der Waals surface area contributed by atoms with Crippen molar-refractivity contribution in [2.45, 2.75) is 27.1 Å². The van der Waals surface area contributed by atoms with Gasteiger partial charge in [0, 0.05) is 18.7 Å². The Kier molecular flexibility index (Phi) is 4.71. The lowest BCUT2D eigenvalue weighted by atomic mass is 9.96. The molecule has 0 fully saturated rings. The first-order valence-electron chi connectivity index (χ1n) is 8.68. The number of rotatable bonds is 4. The van der Waals surface area contributed by atoms with Gasteiger partial charge in [-0.15, -0.1) is 6.58 Å². The second kappa shape index (κ2) is 6.81. The number of hydrogen-bond donors (Lipinski definition) is 1. The molecular formula is C21H24N4O. The highest BCUT2D eigenvalue weighted by Crippen LogP contribution is 2.40. The lowest BCUT2D eigenvalue weighted by molar-refractivity contribution is 0.163. The molecule has 0 aliphatic carbocycles. The van der Waals surface area contributed by atoms with Gasteiger partial charge in [-0.05, 0) is 23.6 Å². The van der Waals surface area contributed by atoms with Gasteiger partial charge in [0.25, 0.3) is 0 Å². The van der Waals surface area contributed by atoms with Crippen molar-refractivity contribution in [3.05, 3.63) is 54.6 Å². The molecule has 5 heteroatoms. The number of aliphatic hydroxyl groups excluding tert-OH is 1. The van der Waals surface area contributed by atoms with E-state index < -0.39 is 6.35 Å². The lowest BCUT2D eigenvalue weighted by Gasteiger charge is -2.32. The summed E-state index contributed by atoms with van der Waals surface area (Å²) in [5.74, 6) is 0.715. The minimum Gasteiger partial charge on any atom is -0.356 e. The summed E-state index contributed by atoms with van der Waals surface area (Å²) < 4.78 is 0. The molecule has 2 aromatic rings. The Labute approximate surface area is 154 Å². The summed E-state index contributed by atoms with van der Waals surface area (Å²) in [6.45, 7) is 11.4. The molecule has 26 heavy (non-hydrogen) atoms. The quantitative estimate of drug-likeness (QED) is 0.853. The van der Waals surface area contributed by atoms with Gasteiger partial charge in [-0.25, -0.2) is 4.98 Å². The summed E-state index contributed by atoms with van der Waals surface area (Å²) >= 11 is 0. The minimum atomic E-state index is -0.781. The molecule has 0 saturated heterocycles. The van der Waals surface area contributed by atoms with Crippen LogP contribution in [0.25, 0.3) is 11.3 Å². The molecule has 2 heterocycles. The summed E-state index contributed by atoms with van der Waals surface area (Å²) in [5.41, 5.74) is 3.02. The van der Waals surface area contributed by atoms with Gasteiger partial charge in [0.1, 0.15) is 0 Å². The van der Waals surface area contributed by atoms with Crippen LogP contribution in [0.3, 0.4) is 0 Å². The molecular weight excluding hydrogens is 324 g/mol. The normalized spacial score (nSPS) is 16.3. The lowest BCUT2D eigenvalue weighted by Crippen LogP contribution is -2.46. The predicted molar refractivity (Wildman–Crippen MR) is 105 cm³/mol. The fourth-order valence-electron chi connectivity index (χ4n) is 3.23. The maximum absolute atomic E-state index is 10.8. The van der Waals surface area contributed by atoms with E-state index in [1.54, 1.807) is 12.1 Å². The summed E-state index contributed by atoms with van der Waals surface area (Å²) in [5, 5.41) is 20.2. The fourth-order valence-corrected chi connectivity index (χ4v) is 3.23. The van der Waals surface area contributed by atoms with Crippen LogP contribution in [0.15, 0.2) is 49.1 Å². The van der Waals surface area contributed by atoms with Crippen molar-refractivity contribution < 1.29 is 5.11 Å². The Morgan fingerprint density at radius 2 is 1.96 bits per heavy atom. The average molecular weight is 348 g/mol. The number of nitrogens with zero attached hydrogens (tertiary/aromatic N) is 4. The van der Waals surface area contributed by atoms with Crippen LogP contribution in [-0.4, -0.2) is 29.5 Å². The summed E-state index contributed by atoms with van der Waals surface area (Å²) in [7, 11) is 0. The van der Waals surface area contributed by atoms with Crippen molar-refractivity contribution in [2.75, 3.05) is 22.9 Å². The van der Waals surface area contributed by atoms with Crippen LogP contribution < -0.4 is 9.80 Å². The van der Waals surface area contributed by atoms with Crippen molar-refractivity contribution in [1.29, 1.82) is 5.26 Å². The topological polar surface area (TPSA) is 63.4 Å². The highest BCUT2D eigenvalue weighted by molar-refractivity contribution is 5.78. The van der Waals surface area contributed by atoms with E-state index in [-0.39, 0.29) is 5.41 Å². The molecule has 1 aromatic carbocycles. The Bertz CT molecular complexity index is 863. The van der Waals surface area contributed by atoms with Crippen molar-refractivity contribution in [2.24, 2.45) is 5.41 Å². The minimum absolute atomic E-state index is 0.0223. The predicted octanol–water partition coefficient (Wildman–Crippen LogP) is 3.75. The standard InChI is InChI=1S/C21H24N4O/c1-5-12-24-19-18(25(20(24)26)14-21(2,3)4)11-10-17(23-19)16-9-7-6-8-15(16)13-22/h5-11,20,26H,1,12,14H2,2-4H3. The first kappa shape index (κ1) is 18.0. The van der Waals surface area contributed by atoms with Crippen molar-refractivity contribution >= 4 is 11.5 Å². The van der Waals surface area contributed by atoms with E-state index >= 15 is 0 Å². The number of fused-ring (bicyclic) bond motifs is 1. The van der Waals surface area contributed by atoms with E-state index in [4.69, 9.17) is 4.98 Å². The van der Waals surface area contributed by atoms with E-state index in [0.717, 1.165) is 16.9 Å². The number of aromatic nitrogens is 1. The number of hydrogen-bond acceptors (Lipinski definition) is 5. The fraction of sp³-hybridized carbons (Fsp3) is 0.333. The molecule has 1 N–H and O–H groups in total. The van der Waals surface area contributed by atoms with Crippen LogP contribution in [0.2, 0.25) is 0 Å². The Balaban J connectivity index is 2.09. The molecule has 0 saturated carbocycles. The van der Waals surface area contributed by atoms with Crippen LogP contribution in [0.4, 0.5) is 11.5 Å². The van der Waals surface area contributed by atoms with Gasteiger partial charge in [0.05, 0.1) is 23.0 Å². The molecule has 0 amide bonds. The zero-order chi connectivity index (χ0) is 18.9. The Morgan fingerprint density at radius 1 is 1.23 bits per heavy atom. The zero-order valence-electron chi connectivity index (χ0n) is 15.5. The van der Waals surface area contributed by atoms with Gasteiger partial charge in [-0.1, -0.05) is 45.0 Å². The third-order valence-corrected chi connectivity index (χ3v) is 4.29. The Hall–Kier alpha value is -2.84. The molecule has 1 aromatic heterocycles. The number of pyridine rings is 1. The van der Waals surface area contributed by atoms with Gasteiger partial charge < -0.3 is 14.9 Å². The van der Waals surface area contributed by atoms with E-state index in [1.165, 1.54) is 0 Å². The molecule has 0 spiro atoms. The van der Waals surface area contributed by atoms with Crippen molar-refractivity contribution in [3.8, 4) is 17.3 Å². The van der Waals surface area contributed by atoms with Gasteiger partial charge in [0.2, 0.25) is 6.35 Å². The van der Waals surface area contributed by atoms with Crippen molar-refractivity contribution in [3.63, 3.8) is 0 Å². The molecule has 134 valence electrons. The SMILES string of the molecule is C=CCN1c2nc(-c3ccccc3C#N)ccc2N(CC(C)(C)C)C1O. The third kappa shape index (κ3) is 3.29. The van der Waals surface area contributed by atoms with E-state index in [9.17, 15) is 10.4 Å². The van der Waals surface area contributed by atoms with Crippen LogP contribution in [0.5, 0.6) is 0 Å². The van der Waals surface area contributed by atoms with E-state index in [1.807, 2.05) is 40.1 Å². The van der Waals surface area contributed by atoms with Gasteiger partial charge in [-0.3, -0.25) is 0 Å². The molecule has 1 aliphatic heterocycles. The third-order valence-electron chi connectivity index (χ3n) is 4.29. The first-order valence-corrected chi connectivity index (χ1v) is 8.68. The molecule has 0 bridgehead atoms. The summed E-state index contributed by atoms with van der Waals surface area (Å²) in [6.07, 6.45) is 0.974. The molecule has 0 radical (unpaired) electrons. The van der Waals surface area contributed by atoms with Gasteiger partial charge in [0.15, 0.2) is 5.82 Å². The number of anilines is 2. The largest absolute Gasteiger partial charge is 0.356 e. The molecule has 3 rings (SSSR count). The van der Waals surface area contributed by atoms with Crippen LogP contribution in [-0.2, 0) is 0 Å². The maximum Gasteiger partial charge on any atom is 0.209 e. The molecule has 1 atom stereocenters. The average Bonchev–Trinajstić information content (AvgIpc) is 2.86. The maximum atomic E-state index is 10.8. The van der Waals surface area contributed by atoms with Crippen LogP contribution >= 0.6 is 0 Å². The van der Waals surface area contributed by atoms with Crippen LogP contribution in [0.1, 0.15) is 26.3 Å². The van der Waals surface area contributed by atoms with Crippen LogP contribution in [0, 0.1) is 16.7 Å². The highest BCUT2D eigenvalue weighted by atomic mass is 16.3. The number of aliphatic hydroxyl groups is 1. The highest BCUT2D eigenvalue weighted by Gasteiger charge is 2.37. The summed E-state index contributed by atoms with van der Waals surface area (Å²) in [6, 6.07) is 13.5. The van der Waals surface area contributed by atoms with Gasteiger partial charge in [-0.2, -0.15) is 5.26 Å². The molecule has 1 aliphatic rings. The smallest absolute Gasteiger partial charge is 0.209 e. The molecule has 5 nitrogen and oxygen atoms in total. The monoisotopic (exact) mass is 348 g/mol. The Morgan fingerprint density at radius 3 is 2.62 bits per heavy atom. The van der Waals surface area contributed by atoms with Crippen molar-refractivity contribution in [1.82, 2.24) is 4.98 Å².